The molecule has 0 radical (unpaired) electrons. The lowest BCUT2D eigenvalue weighted by molar-refractivity contribution is -0.149. The van der Waals surface area contributed by atoms with E-state index < -0.39 is 5.54 Å². The predicted octanol–water partition coefficient (Wildman–Crippen LogP) is 1.64. The molecule has 2 heterocycles. The van der Waals surface area contributed by atoms with Crippen LogP contribution in [0.4, 0.5) is 0 Å². The van der Waals surface area contributed by atoms with Crippen LogP contribution in [0.1, 0.15) is 38.9 Å². The summed E-state index contributed by atoms with van der Waals surface area (Å²) in [6, 6.07) is 0. The van der Waals surface area contributed by atoms with E-state index in [1.807, 2.05) is 13.8 Å². The molecular formula is C14H24N4O2S. The van der Waals surface area contributed by atoms with E-state index in [2.05, 4.69) is 20.1 Å². The molecule has 0 spiro atoms. The van der Waals surface area contributed by atoms with Crippen molar-refractivity contribution in [2.75, 3.05) is 19.4 Å². The summed E-state index contributed by atoms with van der Waals surface area (Å²) in [6.45, 7) is 5.04. The van der Waals surface area contributed by atoms with E-state index in [0.717, 1.165) is 23.9 Å². The van der Waals surface area contributed by atoms with Crippen LogP contribution in [0.5, 0.6) is 0 Å². The molecule has 21 heavy (non-hydrogen) atoms. The third-order valence-electron chi connectivity index (χ3n) is 3.84. The minimum atomic E-state index is -0.711. The smallest absolute Gasteiger partial charge is 0.326 e. The molecule has 0 saturated heterocycles. The number of fused-ring (bicyclic) bond motifs is 1. The fourth-order valence-electron chi connectivity index (χ4n) is 2.30. The van der Waals surface area contributed by atoms with Gasteiger partial charge in [0.25, 0.3) is 0 Å². The van der Waals surface area contributed by atoms with Gasteiger partial charge in [0.1, 0.15) is 11.4 Å². The molecule has 1 N–H and O–H groups in total. The number of carbonyl (C=O) groups is 1. The summed E-state index contributed by atoms with van der Waals surface area (Å²) in [4.78, 5) is 12.1. The lowest BCUT2D eigenvalue weighted by Crippen LogP contribution is -2.50. The summed E-state index contributed by atoms with van der Waals surface area (Å²) < 4.78 is 7.34. The number of ether oxygens (including phenoxy) is 1. The third-order valence-corrected chi connectivity index (χ3v) is 5.13. The number of aryl methyl sites for hydroxylation is 1. The van der Waals surface area contributed by atoms with E-state index in [-0.39, 0.29) is 5.97 Å². The van der Waals surface area contributed by atoms with Crippen molar-refractivity contribution >= 4 is 17.7 Å². The van der Waals surface area contributed by atoms with Crippen molar-refractivity contribution in [3.8, 4) is 0 Å². The van der Waals surface area contributed by atoms with Crippen LogP contribution in [-0.4, -0.2) is 45.7 Å². The Balaban J connectivity index is 2.05. The highest BCUT2D eigenvalue weighted by Gasteiger charge is 2.34. The van der Waals surface area contributed by atoms with E-state index in [9.17, 15) is 4.79 Å². The number of carbonyl (C=O) groups excluding carboxylic acids is 1. The van der Waals surface area contributed by atoms with Crippen LogP contribution in [0, 0.1) is 0 Å². The van der Waals surface area contributed by atoms with Gasteiger partial charge in [-0.1, -0.05) is 18.2 Å². The highest BCUT2D eigenvalue weighted by atomic mass is 32.2. The van der Waals surface area contributed by atoms with Crippen LogP contribution >= 0.6 is 11.8 Å². The molecule has 0 aromatic carbocycles. The molecular weight excluding hydrogens is 288 g/mol. The largest absolute Gasteiger partial charge is 0.465 e. The zero-order valence-electron chi connectivity index (χ0n) is 13.0. The molecule has 7 heteroatoms. The number of nitrogens with one attached hydrogen (secondary N) is 1. The molecule has 1 aromatic heterocycles. The zero-order valence-corrected chi connectivity index (χ0v) is 13.8. The number of aromatic nitrogens is 3. The second kappa shape index (κ2) is 7.26. The summed E-state index contributed by atoms with van der Waals surface area (Å²) >= 11 is 1.56. The molecule has 0 amide bonds. The third kappa shape index (κ3) is 3.77. The predicted molar refractivity (Wildman–Crippen MR) is 82.4 cm³/mol. The first-order valence-electron chi connectivity index (χ1n) is 7.51. The first kappa shape index (κ1) is 16.3. The summed E-state index contributed by atoms with van der Waals surface area (Å²) in [7, 11) is 1.78. The van der Waals surface area contributed by atoms with E-state index in [1.54, 1.807) is 18.8 Å². The molecule has 1 aliphatic heterocycles. The molecule has 1 aliphatic rings. The second-order valence-electron chi connectivity index (χ2n) is 5.45. The average Bonchev–Trinajstić information content (AvgIpc) is 2.72. The Bertz CT molecular complexity index is 491. The zero-order chi connectivity index (χ0) is 15.3. The molecule has 0 saturated carbocycles. The molecule has 0 fully saturated rings. The Morgan fingerprint density at radius 1 is 1.43 bits per heavy atom. The topological polar surface area (TPSA) is 69.0 Å². The minimum absolute atomic E-state index is 0.226. The first-order chi connectivity index (χ1) is 10.1. The van der Waals surface area contributed by atoms with Gasteiger partial charge in [-0.3, -0.25) is 4.79 Å². The van der Waals surface area contributed by atoms with Gasteiger partial charge >= 0.3 is 5.97 Å². The molecule has 0 bridgehead atoms. The van der Waals surface area contributed by atoms with Gasteiger partial charge in [0, 0.05) is 18.7 Å². The fourth-order valence-corrected chi connectivity index (χ4v) is 3.43. The maximum Gasteiger partial charge on any atom is 0.326 e. The number of hydrogen-bond acceptors (Lipinski definition) is 6. The monoisotopic (exact) mass is 312 g/mol. The quantitative estimate of drug-likeness (QED) is 0.636. The first-order valence-corrected chi connectivity index (χ1v) is 8.50. The Morgan fingerprint density at radius 3 is 2.95 bits per heavy atom. The van der Waals surface area contributed by atoms with E-state index in [4.69, 9.17) is 4.74 Å². The number of likely N-dealkylation sites (N-methyl/N-ethyl adjacent to an activating group) is 1. The van der Waals surface area contributed by atoms with Gasteiger partial charge < -0.3 is 14.6 Å². The maximum absolute atomic E-state index is 12.1. The van der Waals surface area contributed by atoms with Gasteiger partial charge in [-0.05, 0) is 33.7 Å². The summed E-state index contributed by atoms with van der Waals surface area (Å²) in [5, 5.41) is 12.5. The van der Waals surface area contributed by atoms with Crippen molar-refractivity contribution < 1.29 is 9.53 Å². The summed E-state index contributed by atoms with van der Waals surface area (Å²) in [5.41, 5.74) is -0.711. The number of nitrogens with zero attached hydrogens (tertiary/aromatic N) is 3. The van der Waals surface area contributed by atoms with E-state index in [1.165, 1.54) is 19.3 Å². The fraction of sp³-hybridized carbons (Fsp3) is 0.786. The number of thioether (sulfide) groups is 1. The average molecular weight is 312 g/mol. The number of hydrogen-bond donors (Lipinski definition) is 1. The molecule has 6 nitrogen and oxygen atoms in total. The lowest BCUT2D eigenvalue weighted by Gasteiger charge is -2.26. The summed E-state index contributed by atoms with van der Waals surface area (Å²) in [6.07, 6.45) is 4.58. The number of esters is 1. The molecule has 1 unspecified atom stereocenters. The van der Waals surface area contributed by atoms with E-state index >= 15 is 0 Å². The molecule has 1 aromatic rings. The highest BCUT2D eigenvalue weighted by Crippen LogP contribution is 2.25. The van der Waals surface area contributed by atoms with Crippen molar-refractivity contribution in [3.05, 3.63) is 5.82 Å². The Labute approximate surface area is 130 Å². The molecule has 0 aliphatic carbocycles. The van der Waals surface area contributed by atoms with Gasteiger partial charge in [-0.25, -0.2) is 0 Å². The Kier molecular flexibility index (Phi) is 5.64. The van der Waals surface area contributed by atoms with Crippen molar-refractivity contribution in [1.82, 2.24) is 20.1 Å². The van der Waals surface area contributed by atoms with Crippen LogP contribution in [-0.2, 0) is 22.5 Å². The Morgan fingerprint density at radius 2 is 2.24 bits per heavy atom. The van der Waals surface area contributed by atoms with Crippen molar-refractivity contribution in [3.63, 3.8) is 0 Å². The SMILES string of the molecule is CCOC(=O)C(C)(CSc1nnc2n1CCCCC2)NC. The standard InChI is InChI=1S/C14H24N4O2S/c1-4-20-12(19)14(2,15-3)10-21-13-17-16-11-8-6-5-7-9-18(11)13/h15H,4-10H2,1-3H3. The van der Waals surface area contributed by atoms with Crippen molar-refractivity contribution in [2.45, 2.75) is 56.8 Å². The van der Waals surface area contributed by atoms with Crippen LogP contribution in [0.3, 0.4) is 0 Å². The van der Waals surface area contributed by atoms with Gasteiger partial charge in [0.05, 0.1) is 6.61 Å². The number of rotatable bonds is 6. The highest BCUT2D eigenvalue weighted by molar-refractivity contribution is 7.99. The van der Waals surface area contributed by atoms with Gasteiger partial charge in [-0.15, -0.1) is 10.2 Å². The normalized spacial score (nSPS) is 17.7. The van der Waals surface area contributed by atoms with Gasteiger partial charge in [-0.2, -0.15) is 0 Å². The minimum Gasteiger partial charge on any atom is -0.465 e. The van der Waals surface area contributed by atoms with Crippen LogP contribution in [0.15, 0.2) is 5.16 Å². The van der Waals surface area contributed by atoms with Gasteiger partial charge in [0.2, 0.25) is 0 Å². The molecule has 118 valence electrons. The Hall–Kier alpha value is -1.08. The summed E-state index contributed by atoms with van der Waals surface area (Å²) in [5.74, 6) is 1.41. The maximum atomic E-state index is 12.1. The lowest BCUT2D eigenvalue weighted by atomic mass is 10.1. The van der Waals surface area contributed by atoms with Crippen molar-refractivity contribution in [2.24, 2.45) is 0 Å². The van der Waals surface area contributed by atoms with Gasteiger partial charge in [0.15, 0.2) is 5.16 Å². The molecule has 2 rings (SSSR count). The van der Waals surface area contributed by atoms with Crippen LogP contribution < -0.4 is 5.32 Å². The second-order valence-corrected chi connectivity index (χ2v) is 6.39. The van der Waals surface area contributed by atoms with Crippen LogP contribution in [0.2, 0.25) is 0 Å². The molecule has 1 atom stereocenters. The van der Waals surface area contributed by atoms with Crippen molar-refractivity contribution in [1.29, 1.82) is 0 Å². The van der Waals surface area contributed by atoms with Crippen LogP contribution in [0.25, 0.3) is 0 Å². The van der Waals surface area contributed by atoms with E-state index in [0.29, 0.717) is 12.4 Å².